The first kappa shape index (κ1) is 25.1. The highest BCUT2D eigenvalue weighted by atomic mass is 32.2. The summed E-state index contributed by atoms with van der Waals surface area (Å²) >= 11 is 0. The van der Waals surface area contributed by atoms with Gasteiger partial charge in [0.1, 0.15) is 17.1 Å². The second-order valence-corrected chi connectivity index (χ2v) is 14.9. The smallest absolute Gasteiger partial charge is 0.282 e. The van der Waals surface area contributed by atoms with Crippen LogP contribution in [0.1, 0.15) is 41.5 Å². The van der Waals surface area contributed by atoms with E-state index in [1.165, 1.54) is 24.3 Å². The fourth-order valence-corrected chi connectivity index (χ4v) is 6.60. The Bertz CT molecular complexity index is 1240. The van der Waals surface area contributed by atoms with Gasteiger partial charge in [-0.25, -0.2) is 8.42 Å². The van der Waals surface area contributed by atoms with Crippen molar-refractivity contribution in [1.82, 2.24) is 0 Å². The Balaban J connectivity index is 1.87. The minimum absolute atomic E-state index is 0.129. The predicted octanol–water partition coefficient (Wildman–Crippen LogP) is 6.48. The lowest BCUT2D eigenvalue weighted by molar-refractivity contribution is 0.131. The van der Waals surface area contributed by atoms with Crippen LogP contribution in [0.5, 0.6) is 11.5 Å². The fraction of sp³-hybridized carbons (Fsp3) is 0.308. The summed E-state index contributed by atoms with van der Waals surface area (Å²) in [5, 5.41) is -0.0255. The van der Waals surface area contributed by atoms with Crippen molar-refractivity contribution in [2.75, 3.05) is 0 Å². The number of rotatable bonds is 6. The second-order valence-electron chi connectivity index (χ2n) is 9.81. The molecule has 7 heteroatoms. The molecular weight excluding hydrogens is 455 g/mol. The average Bonchev–Trinajstić information content (AvgIpc) is 2.73. The van der Waals surface area contributed by atoms with Gasteiger partial charge >= 0.3 is 0 Å². The molecule has 1 unspecified atom stereocenters. The first-order chi connectivity index (χ1) is 15.2. The van der Waals surface area contributed by atoms with Crippen LogP contribution in [-0.4, -0.2) is 19.2 Å². The minimum Gasteiger partial charge on any atom is -0.488 e. The van der Waals surface area contributed by atoms with E-state index in [1.54, 1.807) is 36.4 Å². The quantitative estimate of drug-likeness (QED) is 0.373. The lowest BCUT2D eigenvalue weighted by Crippen LogP contribution is -2.26. The summed E-state index contributed by atoms with van der Waals surface area (Å²) in [5.74, 6) is 0.953. The minimum atomic E-state index is -3.72. The first-order valence-corrected chi connectivity index (χ1v) is 13.8. The second kappa shape index (κ2) is 9.00. The highest BCUT2D eigenvalue weighted by Crippen LogP contribution is 2.57. The molecule has 0 aliphatic carbocycles. The van der Waals surface area contributed by atoms with E-state index < -0.39 is 22.4 Å². The lowest BCUT2D eigenvalue weighted by Gasteiger charge is -2.31. The molecule has 176 valence electrons. The van der Waals surface area contributed by atoms with Gasteiger partial charge in [0.25, 0.3) is 7.37 Å². The molecule has 3 aromatic carbocycles. The number of ether oxygens (including phenoxy) is 1. The van der Waals surface area contributed by atoms with Crippen LogP contribution in [0.2, 0.25) is 0 Å². The third kappa shape index (κ3) is 5.69. The van der Waals surface area contributed by atoms with E-state index >= 15 is 0 Å². The van der Waals surface area contributed by atoms with Crippen LogP contribution in [-0.2, 0) is 14.4 Å². The molecule has 0 radical (unpaired) electrons. The van der Waals surface area contributed by atoms with Crippen molar-refractivity contribution in [1.29, 1.82) is 0 Å². The molecule has 5 nitrogen and oxygen atoms in total. The number of benzene rings is 3. The maximum atomic E-state index is 13.9. The Kier molecular flexibility index (Phi) is 6.84. The molecule has 1 atom stereocenters. The van der Waals surface area contributed by atoms with Gasteiger partial charge in [0.15, 0.2) is 0 Å². The van der Waals surface area contributed by atoms with Gasteiger partial charge in [-0.15, -0.1) is 0 Å². The maximum absolute atomic E-state index is 13.9. The third-order valence-electron chi connectivity index (χ3n) is 4.91. The summed E-state index contributed by atoms with van der Waals surface area (Å²) in [5.41, 5.74) is -0.373. The maximum Gasteiger partial charge on any atom is 0.282 e. The Hall–Kier alpha value is -2.56. The molecule has 0 aromatic heterocycles. The van der Waals surface area contributed by atoms with Crippen LogP contribution in [0.3, 0.4) is 0 Å². The number of hydrogen-bond donors (Lipinski definition) is 0. The summed E-state index contributed by atoms with van der Waals surface area (Å²) in [6.07, 6.45) is 0. The molecule has 3 aromatic rings. The Morgan fingerprint density at radius 1 is 0.667 bits per heavy atom. The summed E-state index contributed by atoms with van der Waals surface area (Å²) in [6, 6.07) is 21.5. The van der Waals surface area contributed by atoms with Gasteiger partial charge < -0.3 is 9.26 Å². The average molecular weight is 487 g/mol. The molecule has 0 aliphatic heterocycles. The van der Waals surface area contributed by atoms with E-state index in [1.807, 2.05) is 59.7 Å². The Morgan fingerprint density at radius 3 is 1.55 bits per heavy atom. The molecule has 0 saturated carbocycles. The summed E-state index contributed by atoms with van der Waals surface area (Å²) in [4.78, 5) is 0.298. The molecule has 0 fully saturated rings. The zero-order chi connectivity index (χ0) is 24.5. The van der Waals surface area contributed by atoms with Gasteiger partial charge in [0, 0.05) is 5.30 Å². The highest BCUT2D eigenvalue weighted by molar-refractivity contribution is 7.91. The van der Waals surface area contributed by atoms with Crippen molar-refractivity contribution in [3.05, 3.63) is 78.9 Å². The van der Waals surface area contributed by atoms with E-state index in [9.17, 15) is 13.0 Å². The van der Waals surface area contributed by atoms with Gasteiger partial charge in [-0.05, 0) is 102 Å². The van der Waals surface area contributed by atoms with Crippen molar-refractivity contribution >= 4 is 22.5 Å². The third-order valence-corrected chi connectivity index (χ3v) is 9.90. The molecular formula is C26H31O5PS. The summed E-state index contributed by atoms with van der Waals surface area (Å²) < 4.78 is 51.8. The zero-order valence-corrected chi connectivity index (χ0v) is 21.6. The van der Waals surface area contributed by atoms with Crippen LogP contribution >= 0.6 is 7.37 Å². The molecule has 3 rings (SSSR count). The Morgan fingerprint density at radius 2 is 1.12 bits per heavy atom. The predicted molar refractivity (Wildman–Crippen MR) is 133 cm³/mol. The van der Waals surface area contributed by atoms with Crippen molar-refractivity contribution < 1.29 is 22.2 Å². The molecule has 0 saturated heterocycles. The van der Waals surface area contributed by atoms with Gasteiger partial charge in [0.05, 0.1) is 14.9 Å². The molecule has 0 N–H and O–H groups in total. The molecule has 0 bridgehead atoms. The van der Waals surface area contributed by atoms with Gasteiger partial charge in [-0.3, -0.25) is 4.57 Å². The van der Waals surface area contributed by atoms with Crippen molar-refractivity contribution in [3.63, 3.8) is 0 Å². The van der Waals surface area contributed by atoms with Crippen LogP contribution in [0.15, 0.2) is 88.7 Å². The van der Waals surface area contributed by atoms with Crippen molar-refractivity contribution in [3.8, 4) is 11.5 Å². The molecule has 0 spiro atoms. The van der Waals surface area contributed by atoms with Crippen LogP contribution in [0, 0.1) is 0 Å². The van der Waals surface area contributed by atoms with Crippen LogP contribution in [0.4, 0.5) is 0 Å². The fourth-order valence-electron chi connectivity index (χ4n) is 3.21. The van der Waals surface area contributed by atoms with Crippen LogP contribution in [0.25, 0.3) is 0 Å². The normalized spacial score (nSPS) is 14.4. The summed E-state index contributed by atoms with van der Waals surface area (Å²) in [7, 11) is -7.00. The Labute approximate surface area is 197 Å². The van der Waals surface area contributed by atoms with E-state index in [-0.39, 0.29) is 15.4 Å². The lowest BCUT2D eigenvalue weighted by atomic mass is 10.2. The molecule has 0 amide bonds. The zero-order valence-electron chi connectivity index (χ0n) is 19.9. The molecule has 0 aliphatic rings. The van der Waals surface area contributed by atoms with Gasteiger partial charge in [0.2, 0.25) is 9.84 Å². The standard InChI is InChI=1S/C26H31O5PS/c1-25(2,3)30-20-12-16-23(17-13-20)33(28,29)24-18-14-21(15-19-24)31-32(27,26(4,5)6)22-10-8-7-9-11-22/h7-19H,1-6H3. The number of sulfone groups is 1. The van der Waals surface area contributed by atoms with E-state index in [2.05, 4.69) is 0 Å². The summed E-state index contributed by atoms with van der Waals surface area (Å²) in [6.45, 7) is 11.4. The van der Waals surface area contributed by atoms with Crippen molar-refractivity contribution in [2.45, 2.75) is 62.1 Å². The van der Waals surface area contributed by atoms with Crippen molar-refractivity contribution in [2.24, 2.45) is 0 Å². The monoisotopic (exact) mass is 486 g/mol. The van der Waals surface area contributed by atoms with Crippen LogP contribution < -0.4 is 14.6 Å². The highest BCUT2D eigenvalue weighted by Gasteiger charge is 2.41. The topological polar surface area (TPSA) is 69.7 Å². The SMILES string of the molecule is CC(C)(C)Oc1ccc(S(=O)(=O)c2ccc(OP(=O)(c3ccccc3)C(C)(C)C)cc2)cc1. The first-order valence-electron chi connectivity index (χ1n) is 10.7. The largest absolute Gasteiger partial charge is 0.488 e. The molecule has 0 heterocycles. The number of hydrogen-bond acceptors (Lipinski definition) is 5. The molecule has 33 heavy (non-hydrogen) atoms. The van der Waals surface area contributed by atoms with Gasteiger partial charge in [-0.1, -0.05) is 18.2 Å². The van der Waals surface area contributed by atoms with Gasteiger partial charge in [-0.2, -0.15) is 0 Å². The van der Waals surface area contributed by atoms with E-state index in [0.29, 0.717) is 16.8 Å². The van der Waals surface area contributed by atoms with E-state index in [0.717, 1.165) is 0 Å². The van der Waals surface area contributed by atoms with E-state index in [4.69, 9.17) is 9.26 Å².